The number of pyridine rings is 1. The lowest BCUT2D eigenvalue weighted by Crippen LogP contribution is -2.13. The number of fused-ring (bicyclic) bond motifs is 1. The van der Waals surface area contributed by atoms with Crippen LogP contribution in [0.25, 0.3) is 21.9 Å². The molecule has 4 rings (SSSR count). The van der Waals surface area contributed by atoms with Gasteiger partial charge < -0.3 is 15.2 Å². The smallest absolute Gasteiger partial charge is 0.256 e. The monoisotopic (exact) mass is 420 g/mol. The predicted molar refractivity (Wildman–Crippen MR) is 115 cm³/mol. The number of aromatic nitrogens is 3. The van der Waals surface area contributed by atoms with Crippen molar-refractivity contribution in [1.29, 1.82) is 0 Å². The molecule has 0 fully saturated rings. The number of rotatable bonds is 6. The highest BCUT2D eigenvalue weighted by Gasteiger charge is 2.12. The number of aryl methyl sites for hydroxylation is 1. The van der Waals surface area contributed by atoms with Gasteiger partial charge in [-0.2, -0.15) is 5.10 Å². The fraction of sp³-hybridized carbons (Fsp3) is 0.174. The van der Waals surface area contributed by atoms with Gasteiger partial charge in [-0.1, -0.05) is 12.1 Å². The highest BCUT2D eigenvalue weighted by atomic mass is 19.1. The van der Waals surface area contributed by atoms with Crippen molar-refractivity contribution in [3.63, 3.8) is 0 Å². The number of carbonyl (C=O) groups excluding carboxylic acids is 1. The molecule has 0 saturated carbocycles. The van der Waals surface area contributed by atoms with Crippen LogP contribution >= 0.6 is 0 Å². The Morgan fingerprint density at radius 2 is 1.94 bits per heavy atom. The van der Waals surface area contributed by atoms with E-state index in [-0.39, 0.29) is 12.5 Å². The predicted octanol–water partition coefficient (Wildman–Crippen LogP) is 4.07. The molecule has 1 atom stereocenters. The molecule has 0 radical (unpaired) electrons. The summed E-state index contributed by atoms with van der Waals surface area (Å²) < 4.78 is 19.5. The summed E-state index contributed by atoms with van der Waals surface area (Å²) >= 11 is 0. The molecule has 0 bridgehead atoms. The molecule has 2 aromatic carbocycles. The molecule has 0 saturated heterocycles. The number of alkyl halides is 1. The molecule has 1 unspecified atom stereocenters. The van der Waals surface area contributed by atoms with Crippen LogP contribution in [0.1, 0.15) is 23.0 Å². The minimum Gasteiger partial charge on any atom is -0.461 e. The van der Waals surface area contributed by atoms with E-state index in [1.165, 1.54) is 19.1 Å². The van der Waals surface area contributed by atoms with E-state index in [4.69, 9.17) is 4.74 Å². The van der Waals surface area contributed by atoms with Crippen molar-refractivity contribution in [2.24, 2.45) is 7.05 Å². The Morgan fingerprint density at radius 3 is 2.65 bits per heavy atom. The van der Waals surface area contributed by atoms with Crippen LogP contribution in [0.5, 0.6) is 5.75 Å². The van der Waals surface area contributed by atoms with Crippen molar-refractivity contribution < 1.29 is 19.0 Å². The maximum absolute atomic E-state index is 12.9. The molecule has 4 aromatic rings. The maximum atomic E-state index is 12.9. The zero-order chi connectivity index (χ0) is 22.0. The zero-order valence-corrected chi connectivity index (χ0v) is 17.0. The first-order valence-electron chi connectivity index (χ1n) is 9.68. The van der Waals surface area contributed by atoms with Gasteiger partial charge in [-0.25, -0.2) is 9.37 Å². The van der Waals surface area contributed by atoms with Gasteiger partial charge in [0.05, 0.1) is 18.5 Å². The quantitative estimate of drug-likeness (QED) is 0.491. The normalized spacial score (nSPS) is 12.0. The van der Waals surface area contributed by atoms with Gasteiger partial charge in [0.2, 0.25) is 6.36 Å². The summed E-state index contributed by atoms with van der Waals surface area (Å²) in [6.45, 7) is 1.17. The standard InChI is InChI=1S/C23H21FN4O3/c1-14(24)31-19-7-5-15(6-8-19)23(30)27-22-10-18-9-16(3-4-17(18)11-25-22)20-12-26-28(2)21(20)13-29/h3-12,14,29H,13H2,1-2H3,(H,25,27,30). The fourth-order valence-corrected chi connectivity index (χ4v) is 3.33. The van der Waals surface area contributed by atoms with Crippen molar-refractivity contribution in [2.45, 2.75) is 19.9 Å². The zero-order valence-electron chi connectivity index (χ0n) is 17.0. The van der Waals surface area contributed by atoms with Gasteiger partial charge in [0.1, 0.15) is 11.6 Å². The summed E-state index contributed by atoms with van der Waals surface area (Å²) in [7, 11) is 1.78. The number of amides is 1. The van der Waals surface area contributed by atoms with E-state index in [2.05, 4.69) is 15.4 Å². The Morgan fingerprint density at radius 1 is 1.16 bits per heavy atom. The Balaban J connectivity index is 1.57. The molecule has 0 spiro atoms. The number of hydrogen-bond acceptors (Lipinski definition) is 5. The molecule has 31 heavy (non-hydrogen) atoms. The lowest BCUT2D eigenvalue weighted by molar-refractivity contribution is 0.0860. The average molecular weight is 420 g/mol. The number of ether oxygens (including phenoxy) is 1. The number of hydrogen-bond donors (Lipinski definition) is 2. The first-order valence-corrected chi connectivity index (χ1v) is 9.68. The Kier molecular flexibility index (Phi) is 5.64. The number of nitrogens with one attached hydrogen (secondary N) is 1. The molecule has 7 nitrogen and oxygen atoms in total. The minimum atomic E-state index is -1.42. The molecular formula is C23H21FN4O3. The second-order valence-electron chi connectivity index (χ2n) is 7.06. The molecule has 158 valence electrons. The number of carbonyl (C=O) groups is 1. The van der Waals surface area contributed by atoms with E-state index in [1.54, 1.807) is 42.3 Å². The van der Waals surface area contributed by atoms with Crippen molar-refractivity contribution in [3.05, 3.63) is 72.2 Å². The van der Waals surface area contributed by atoms with Gasteiger partial charge in [0.15, 0.2) is 0 Å². The van der Waals surface area contributed by atoms with Gasteiger partial charge in [-0.3, -0.25) is 9.48 Å². The molecule has 0 aliphatic carbocycles. The molecule has 1 amide bonds. The second-order valence-corrected chi connectivity index (χ2v) is 7.06. The molecule has 0 aliphatic heterocycles. The maximum Gasteiger partial charge on any atom is 0.256 e. The van der Waals surface area contributed by atoms with Gasteiger partial charge in [0, 0.05) is 36.7 Å². The van der Waals surface area contributed by atoms with Gasteiger partial charge in [0.25, 0.3) is 5.91 Å². The van der Waals surface area contributed by atoms with Crippen LogP contribution in [-0.2, 0) is 13.7 Å². The summed E-state index contributed by atoms with van der Waals surface area (Å²) in [6.07, 6.45) is 1.98. The number of nitrogens with zero attached hydrogens (tertiary/aromatic N) is 3. The third-order valence-electron chi connectivity index (χ3n) is 4.90. The van der Waals surface area contributed by atoms with E-state index >= 15 is 0 Å². The summed E-state index contributed by atoms with van der Waals surface area (Å²) in [4.78, 5) is 16.9. The number of halogens is 1. The van der Waals surface area contributed by atoms with Crippen LogP contribution in [0.4, 0.5) is 10.2 Å². The van der Waals surface area contributed by atoms with Crippen molar-refractivity contribution in [3.8, 4) is 16.9 Å². The summed E-state index contributed by atoms with van der Waals surface area (Å²) in [6, 6.07) is 13.8. The number of benzene rings is 2. The highest BCUT2D eigenvalue weighted by Crippen LogP contribution is 2.28. The fourth-order valence-electron chi connectivity index (χ4n) is 3.33. The van der Waals surface area contributed by atoms with Crippen LogP contribution < -0.4 is 10.1 Å². The summed E-state index contributed by atoms with van der Waals surface area (Å²) in [5, 5.41) is 18.4. The molecule has 8 heteroatoms. The molecular weight excluding hydrogens is 399 g/mol. The van der Waals surface area contributed by atoms with Gasteiger partial charge >= 0.3 is 0 Å². The van der Waals surface area contributed by atoms with E-state index in [0.717, 1.165) is 27.6 Å². The lowest BCUT2D eigenvalue weighted by atomic mass is 10.0. The van der Waals surface area contributed by atoms with Gasteiger partial charge in [-0.15, -0.1) is 0 Å². The van der Waals surface area contributed by atoms with Crippen LogP contribution in [0.2, 0.25) is 0 Å². The topological polar surface area (TPSA) is 89.3 Å². The van der Waals surface area contributed by atoms with Crippen LogP contribution in [-0.4, -0.2) is 32.1 Å². The number of aliphatic hydroxyl groups is 1. The molecule has 0 aliphatic rings. The lowest BCUT2D eigenvalue weighted by Gasteiger charge is -2.09. The van der Waals surface area contributed by atoms with Crippen LogP contribution in [0.15, 0.2) is 60.9 Å². The average Bonchev–Trinajstić information content (AvgIpc) is 3.13. The second kappa shape index (κ2) is 8.53. The van der Waals surface area contributed by atoms with Gasteiger partial charge in [-0.05, 0) is 47.3 Å². The Bertz CT molecular complexity index is 1240. The van der Waals surface area contributed by atoms with Crippen LogP contribution in [0.3, 0.4) is 0 Å². The van der Waals surface area contributed by atoms with Crippen molar-refractivity contribution in [1.82, 2.24) is 14.8 Å². The summed E-state index contributed by atoms with van der Waals surface area (Å²) in [5.41, 5.74) is 2.87. The Hall–Kier alpha value is -3.78. The van der Waals surface area contributed by atoms with E-state index in [0.29, 0.717) is 17.1 Å². The first kappa shape index (κ1) is 20.5. The highest BCUT2D eigenvalue weighted by molar-refractivity contribution is 6.04. The molecule has 2 N–H and O–H groups in total. The van der Waals surface area contributed by atoms with E-state index < -0.39 is 6.36 Å². The minimum absolute atomic E-state index is 0.115. The van der Waals surface area contributed by atoms with Crippen molar-refractivity contribution in [2.75, 3.05) is 5.32 Å². The SMILES string of the molecule is CC(F)Oc1ccc(C(=O)Nc2cc3cc(-c4cnn(C)c4CO)ccc3cn2)cc1. The summed E-state index contributed by atoms with van der Waals surface area (Å²) in [5.74, 6) is 0.416. The molecule has 2 aromatic heterocycles. The first-order chi connectivity index (χ1) is 14.9. The number of aliphatic hydroxyl groups excluding tert-OH is 1. The van der Waals surface area contributed by atoms with E-state index in [1.807, 2.05) is 18.2 Å². The van der Waals surface area contributed by atoms with Crippen LogP contribution in [0, 0.1) is 0 Å². The largest absolute Gasteiger partial charge is 0.461 e. The van der Waals surface area contributed by atoms with Crippen molar-refractivity contribution >= 4 is 22.5 Å². The Labute approximate surface area is 178 Å². The third kappa shape index (κ3) is 4.39. The number of anilines is 1. The van der Waals surface area contributed by atoms with E-state index in [9.17, 15) is 14.3 Å². The molecule has 2 heterocycles. The third-order valence-corrected chi connectivity index (χ3v) is 4.90.